The molecule has 28 aromatic rings. The van der Waals surface area contributed by atoms with Crippen molar-refractivity contribution in [3.63, 3.8) is 0 Å². The van der Waals surface area contributed by atoms with Crippen molar-refractivity contribution in [2.45, 2.75) is 0 Å². The van der Waals surface area contributed by atoms with Gasteiger partial charge in [0.25, 0.3) is 0 Å². The summed E-state index contributed by atoms with van der Waals surface area (Å²) >= 11 is 1.86. The molecule has 0 aliphatic rings. The van der Waals surface area contributed by atoms with Gasteiger partial charge in [0.15, 0.2) is 0 Å². The summed E-state index contributed by atoms with van der Waals surface area (Å²) in [6.45, 7) is 0. The monoisotopic (exact) mass is 1910 g/mol. The lowest BCUT2D eigenvalue weighted by Crippen LogP contribution is -2.09. The highest BCUT2D eigenvalue weighted by Gasteiger charge is 2.24. The van der Waals surface area contributed by atoms with Crippen LogP contribution in [0.1, 0.15) is 0 Å². The third kappa shape index (κ3) is 17.5. The molecule has 0 fully saturated rings. The second kappa shape index (κ2) is 39.2. The van der Waals surface area contributed by atoms with Crippen molar-refractivity contribution in [2.75, 3.05) is 14.7 Å². The van der Waals surface area contributed by atoms with Crippen LogP contribution in [0.5, 0.6) is 0 Å². The van der Waals surface area contributed by atoms with E-state index in [-0.39, 0.29) is 0 Å². The van der Waals surface area contributed by atoms with Crippen molar-refractivity contribution in [3.05, 3.63) is 576 Å². The van der Waals surface area contributed by atoms with Gasteiger partial charge in [0.2, 0.25) is 0 Å². The molecule has 148 heavy (non-hydrogen) atoms. The fourth-order valence-electron chi connectivity index (χ4n) is 21.4. The Bertz CT molecular complexity index is 9370. The van der Waals surface area contributed by atoms with Gasteiger partial charge in [-0.1, -0.05) is 400 Å². The molecule has 0 saturated carbocycles. The summed E-state index contributed by atoms with van der Waals surface area (Å²) in [7, 11) is 0. The second-order valence-electron chi connectivity index (χ2n) is 37.7. The molecule has 28 rings (SSSR count). The Morgan fingerprint density at radius 2 is 0.358 bits per heavy atom. The molecule has 0 spiro atoms. The van der Waals surface area contributed by atoms with Crippen LogP contribution in [0.2, 0.25) is 0 Å². The Labute approximate surface area is 863 Å². The van der Waals surface area contributed by atoms with E-state index >= 15 is 0 Å². The van der Waals surface area contributed by atoms with E-state index in [9.17, 15) is 0 Å². The van der Waals surface area contributed by atoms with Crippen molar-refractivity contribution >= 4 is 170 Å². The van der Waals surface area contributed by atoms with E-state index in [0.29, 0.717) is 0 Å². The molecule has 0 saturated heterocycles. The van der Waals surface area contributed by atoms with E-state index in [0.717, 1.165) is 95.1 Å². The summed E-state index contributed by atoms with van der Waals surface area (Å²) in [6.07, 6.45) is 0. The standard InChI is InChI=1S/C50H33NO.C46H31NO.C46H31NS/c1-2-11-36(12-3-1)48-32-39(31-38-14-5-7-17-45(38)48)34-21-25-40(26-22-34)51(42-29-30-47-46-18-8-9-20-49(46)52-50(47)33-42)41-27-23-37(24-28-41)44-19-10-15-35-13-4-6-16-43(35)44;2*1-3-11-32(12-4-1)33-19-23-38(24-20-33)47(40-27-28-43-42-17-9-10-18-45(42)48-46(43)31-40)39-25-21-34(22-26-39)37-29-36-15-7-8-16-41(36)44(30-37)35-13-5-2-6-14-35/h1-33H;2*1-31H. The molecule has 0 radical (unpaired) electrons. The minimum Gasteiger partial charge on any atom is -0.456 e. The van der Waals surface area contributed by atoms with Crippen molar-refractivity contribution in [1.29, 1.82) is 0 Å². The van der Waals surface area contributed by atoms with E-state index in [2.05, 4.69) is 567 Å². The third-order valence-electron chi connectivity index (χ3n) is 28.8. The maximum atomic E-state index is 6.37. The number of fused-ring (bicyclic) bond motifs is 13. The highest BCUT2D eigenvalue weighted by Crippen LogP contribution is 2.49. The third-order valence-corrected chi connectivity index (χ3v) is 29.9. The van der Waals surface area contributed by atoms with Gasteiger partial charge in [-0.3, -0.25) is 0 Å². The van der Waals surface area contributed by atoms with E-state index in [4.69, 9.17) is 8.83 Å². The Morgan fingerprint density at radius 3 is 0.723 bits per heavy atom. The summed E-state index contributed by atoms with van der Waals surface area (Å²) in [5, 5.41) is 17.1. The van der Waals surface area contributed by atoms with Gasteiger partial charge in [-0.05, 0) is 307 Å². The van der Waals surface area contributed by atoms with Crippen molar-refractivity contribution in [2.24, 2.45) is 0 Å². The van der Waals surface area contributed by atoms with Crippen LogP contribution in [0.25, 0.3) is 207 Å². The summed E-state index contributed by atoms with van der Waals surface area (Å²) < 4.78 is 15.3. The van der Waals surface area contributed by atoms with E-state index < -0.39 is 0 Å². The number of furan rings is 2. The molecule has 0 unspecified atom stereocenters. The number of thiophene rings is 1. The molecule has 3 aromatic heterocycles. The average molecular weight is 1910 g/mol. The molecule has 3 heterocycles. The fraction of sp³-hybridized carbons (Fsp3) is 0. The summed E-state index contributed by atoms with van der Waals surface area (Å²) in [5.74, 6) is 0. The lowest BCUT2D eigenvalue weighted by Gasteiger charge is -2.26. The Kier molecular flexibility index (Phi) is 23.6. The Hall–Kier alpha value is -19.2. The van der Waals surface area contributed by atoms with Gasteiger partial charge in [0.05, 0.1) is 0 Å². The van der Waals surface area contributed by atoms with Gasteiger partial charge in [0.1, 0.15) is 22.3 Å². The Morgan fingerprint density at radius 1 is 0.122 bits per heavy atom. The van der Waals surface area contributed by atoms with Crippen molar-refractivity contribution in [3.8, 4) is 100 Å². The van der Waals surface area contributed by atoms with E-state index in [1.165, 1.54) is 163 Å². The van der Waals surface area contributed by atoms with Crippen LogP contribution in [-0.2, 0) is 0 Å². The maximum Gasteiger partial charge on any atom is 0.137 e. The zero-order valence-electron chi connectivity index (χ0n) is 80.9. The van der Waals surface area contributed by atoms with E-state index in [1.807, 2.05) is 35.6 Å². The van der Waals surface area contributed by atoms with Gasteiger partial charge in [0, 0.05) is 105 Å². The molecule has 5 nitrogen and oxygen atoms in total. The number of anilines is 9. The molecule has 696 valence electrons. The van der Waals surface area contributed by atoms with Crippen molar-refractivity contribution < 1.29 is 8.83 Å². The number of nitrogens with zero attached hydrogens (tertiary/aromatic N) is 3. The predicted molar refractivity (Wildman–Crippen MR) is 630 cm³/mol. The quantitative estimate of drug-likeness (QED) is 0.0856. The van der Waals surface area contributed by atoms with Crippen LogP contribution < -0.4 is 14.7 Å². The first kappa shape index (κ1) is 88.9. The van der Waals surface area contributed by atoms with Gasteiger partial charge < -0.3 is 23.5 Å². The summed E-state index contributed by atoms with van der Waals surface area (Å²) in [4.78, 5) is 7.00. The van der Waals surface area contributed by atoms with Crippen LogP contribution in [-0.4, -0.2) is 0 Å². The fourth-order valence-corrected chi connectivity index (χ4v) is 22.6. The molecule has 6 heteroatoms. The number of hydrogen-bond acceptors (Lipinski definition) is 6. The maximum absolute atomic E-state index is 6.37. The largest absolute Gasteiger partial charge is 0.456 e. The molecular formula is C142H95N3O2S. The SMILES string of the molecule is c1ccc(-c2cc(-c3ccc(N(c4ccc(-c5cccc6ccccc56)cc4)c4ccc5c(c4)oc4ccccc45)cc3)cc3ccccc23)cc1.c1ccc(-c2ccc(N(c3ccc(-c4cc(-c5ccccc5)c5ccccc5c4)cc3)c3ccc4c(c3)oc3ccccc34)cc2)cc1.c1ccc(-c2ccc(N(c3ccc(-c4cc(-c5ccccc5)c5ccccc5c4)cc3)c3ccc4c(c3)sc3ccccc34)cc2)cc1. The average Bonchev–Trinajstić information content (AvgIpc) is 1.73. The van der Waals surface area contributed by atoms with Gasteiger partial charge in [-0.15, -0.1) is 11.3 Å². The molecule has 0 atom stereocenters. The first-order chi connectivity index (χ1) is 73.3. The first-order valence-electron chi connectivity index (χ1n) is 50.4. The normalized spacial score (nSPS) is 11.4. The molecule has 0 N–H and O–H groups in total. The summed E-state index contributed by atoms with van der Waals surface area (Å²) in [6, 6.07) is 207. The molecular weight excluding hydrogens is 1810 g/mol. The zero-order chi connectivity index (χ0) is 98.2. The van der Waals surface area contributed by atoms with Gasteiger partial charge >= 0.3 is 0 Å². The smallest absolute Gasteiger partial charge is 0.137 e. The highest BCUT2D eigenvalue weighted by molar-refractivity contribution is 7.25. The number of rotatable bonds is 18. The van der Waals surface area contributed by atoms with Gasteiger partial charge in [-0.2, -0.15) is 0 Å². The van der Waals surface area contributed by atoms with Crippen LogP contribution in [0.3, 0.4) is 0 Å². The molecule has 0 aliphatic carbocycles. The lowest BCUT2D eigenvalue weighted by atomic mass is 9.93. The second-order valence-corrected chi connectivity index (χ2v) is 38.8. The number of hydrogen-bond donors (Lipinski definition) is 0. The van der Waals surface area contributed by atoms with Crippen molar-refractivity contribution in [1.82, 2.24) is 0 Å². The number of benzene rings is 25. The van der Waals surface area contributed by atoms with Crippen LogP contribution >= 0.6 is 11.3 Å². The Balaban J connectivity index is 0.000000112. The minimum absolute atomic E-state index is 0.873. The topological polar surface area (TPSA) is 36.0 Å². The van der Waals surface area contributed by atoms with Crippen LogP contribution in [0.15, 0.2) is 585 Å². The summed E-state index contributed by atoms with van der Waals surface area (Å²) in [5.41, 5.74) is 35.1. The van der Waals surface area contributed by atoms with Gasteiger partial charge in [-0.25, -0.2) is 0 Å². The minimum atomic E-state index is 0.873. The number of para-hydroxylation sites is 2. The van der Waals surface area contributed by atoms with Crippen LogP contribution in [0, 0.1) is 0 Å². The first-order valence-corrected chi connectivity index (χ1v) is 51.2. The molecule has 25 aromatic carbocycles. The molecule has 0 bridgehead atoms. The highest BCUT2D eigenvalue weighted by atomic mass is 32.1. The lowest BCUT2D eigenvalue weighted by molar-refractivity contribution is 0.668. The molecule has 0 aliphatic heterocycles. The predicted octanol–water partition coefficient (Wildman–Crippen LogP) is 41.3. The van der Waals surface area contributed by atoms with Crippen LogP contribution in [0.4, 0.5) is 51.2 Å². The van der Waals surface area contributed by atoms with E-state index in [1.54, 1.807) is 0 Å². The molecule has 0 amide bonds. The zero-order valence-corrected chi connectivity index (χ0v) is 81.7.